The Morgan fingerprint density at radius 3 is 2.58 bits per heavy atom. The lowest BCUT2D eigenvalue weighted by Gasteiger charge is -2.20. The van der Waals surface area contributed by atoms with Crippen LogP contribution in [0.15, 0.2) is 71.6 Å². The van der Waals surface area contributed by atoms with Gasteiger partial charge >= 0.3 is 0 Å². The average molecular weight is 455 g/mol. The Kier molecular flexibility index (Phi) is 6.34. The molecule has 7 heteroatoms. The largest absolute Gasteiger partial charge is 0.279 e. The number of thioether (sulfide) groups is 1. The molecule has 0 N–H and O–H groups in total. The second kappa shape index (κ2) is 9.16. The molecule has 3 nitrogen and oxygen atoms in total. The van der Waals surface area contributed by atoms with Crippen molar-refractivity contribution in [2.45, 2.75) is 30.5 Å². The first kappa shape index (κ1) is 21.5. The van der Waals surface area contributed by atoms with E-state index in [1.165, 1.54) is 11.0 Å². The standard InChI is InChI=1S/C24H20F2N2OS2/c1-15(2)30-19-10-6-9-17(11-19)23(29)28(14-16-7-4-3-5-8-16)24-27-22-20(26)12-18(25)13-21(22)31-24/h3-13,15H,14H2,1-2H3. The quantitative estimate of drug-likeness (QED) is 0.296. The lowest BCUT2D eigenvalue weighted by Crippen LogP contribution is -2.30. The number of amides is 1. The van der Waals surface area contributed by atoms with Crippen molar-refractivity contribution >= 4 is 44.4 Å². The minimum atomic E-state index is -0.736. The molecule has 0 bridgehead atoms. The lowest BCUT2D eigenvalue weighted by molar-refractivity contribution is 0.0985. The molecule has 31 heavy (non-hydrogen) atoms. The second-order valence-electron chi connectivity index (χ2n) is 7.30. The third-order valence-electron chi connectivity index (χ3n) is 4.51. The van der Waals surface area contributed by atoms with Crippen LogP contribution in [0.25, 0.3) is 10.2 Å². The summed E-state index contributed by atoms with van der Waals surface area (Å²) >= 11 is 2.77. The van der Waals surface area contributed by atoms with Crippen molar-refractivity contribution in [3.8, 4) is 0 Å². The Bertz CT molecular complexity index is 1220. The van der Waals surface area contributed by atoms with Crippen molar-refractivity contribution in [3.05, 3.63) is 89.5 Å². The predicted molar refractivity (Wildman–Crippen MR) is 124 cm³/mol. The van der Waals surface area contributed by atoms with Gasteiger partial charge in [-0.05, 0) is 29.8 Å². The van der Waals surface area contributed by atoms with Crippen LogP contribution in [0.1, 0.15) is 29.8 Å². The first-order chi connectivity index (χ1) is 14.9. The number of hydrogen-bond acceptors (Lipinski definition) is 4. The molecule has 0 aliphatic heterocycles. The van der Waals surface area contributed by atoms with E-state index in [-0.39, 0.29) is 18.0 Å². The van der Waals surface area contributed by atoms with E-state index in [0.29, 0.717) is 20.6 Å². The molecule has 0 spiro atoms. The van der Waals surface area contributed by atoms with Gasteiger partial charge in [0.2, 0.25) is 0 Å². The first-order valence-corrected chi connectivity index (χ1v) is 11.5. The number of hydrogen-bond donors (Lipinski definition) is 0. The van der Waals surface area contributed by atoms with E-state index in [2.05, 4.69) is 18.8 Å². The number of rotatable bonds is 6. The number of benzene rings is 3. The molecule has 0 aliphatic carbocycles. The minimum absolute atomic E-state index is 0.0661. The Morgan fingerprint density at radius 1 is 1.06 bits per heavy atom. The molecule has 0 unspecified atom stereocenters. The van der Waals surface area contributed by atoms with Gasteiger partial charge in [-0.3, -0.25) is 9.69 Å². The highest BCUT2D eigenvalue weighted by molar-refractivity contribution is 7.99. The van der Waals surface area contributed by atoms with Crippen molar-refractivity contribution in [3.63, 3.8) is 0 Å². The summed E-state index contributed by atoms with van der Waals surface area (Å²) < 4.78 is 28.3. The zero-order valence-electron chi connectivity index (χ0n) is 17.0. The number of nitrogens with zero attached hydrogens (tertiary/aromatic N) is 2. The summed E-state index contributed by atoms with van der Waals surface area (Å²) in [5, 5.41) is 0.711. The van der Waals surface area contributed by atoms with Crippen LogP contribution >= 0.6 is 23.1 Å². The van der Waals surface area contributed by atoms with E-state index >= 15 is 0 Å². The molecule has 158 valence electrons. The Labute approximate surface area is 187 Å². The second-order valence-corrected chi connectivity index (χ2v) is 9.96. The molecule has 4 aromatic rings. The van der Waals surface area contributed by atoms with Crippen LogP contribution in [0, 0.1) is 11.6 Å². The average Bonchev–Trinajstić information content (AvgIpc) is 3.16. The highest BCUT2D eigenvalue weighted by atomic mass is 32.2. The van der Waals surface area contributed by atoms with E-state index in [1.54, 1.807) is 17.8 Å². The van der Waals surface area contributed by atoms with Gasteiger partial charge < -0.3 is 0 Å². The van der Waals surface area contributed by atoms with Gasteiger partial charge in [-0.25, -0.2) is 13.8 Å². The van der Waals surface area contributed by atoms with Crippen LogP contribution in [0.5, 0.6) is 0 Å². The number of halogens is 2. The summed E-state index contributed by atoms with van der Waals surface area (Å²) in [6, 6.07) is 19.0. The number of carbonyl (C=O) groups excluding carboxylic acids is 1. The highest BCUT2D eigenvalue weighted by Crippen LogP contribution is 2.33. The topological polar surface area (TPSA) is 33.2 Å². The lowest BCUT2D eigenvalue weighted by atomic mass is 10.1. The van der Waals surface area contributed by atoms with Gasteiger partial charge in [-0.2, -0.15) is 0 Å². The fourth-order valence-electron chi connectivity index (χ4n) is 3.18. The molecule has 0 atom stereocenters. The third kappa shape index (κ3) is 4.94. The van der Waals surface area contributed by atoms with Gasteiger partial charge in [0, 0.05) is 21.8 Å². The maximum Gasteiger partial charge on any atom is 0.260 e. The highest BCUT2D eigenvalue weighted by Gasteiger charge is 2.23. The van der Waals surface area contributed by atoms with Crippen molar-refractivity contribution in [1.82, 2.24) is 4.98 Å². The molecule has 3 aromatic carbocycles. The summed E-state index contributed by atoms with van der Waals surface area (Å²) in [6.07, 6.45) is 0. The van der Waals surface area contributed by atoms with Crippen LogP contribution < -0.4 is 4.90 Å². The number of aromatic nitrogens is 1. The Balaban J connectivity index is 1.76. The predicted octanol–water partition coefficient (Wildman–Crippen LogP) is 6.92. The number of fused-ring (bicyclic) bond motifs is 1. The van der Waals surface area contributed by atoms with E-state index in [4.69, 9.17) is 0 Å². The summed E-state index contributed by atoms with van der Waals surface area (Å²) in [5.41, 5.74) is 1.50. The molecule has 0 saturated heterocycles. The third-order valence-corrected chi connectivity index (χ3v) is 6.54. The van der Waals surface area contributed by atoms with E-state index < -0.39 is 11.6 Å². The molecule has 0 radical (unpaired) electrons. The summed E-state index contributed by atoms with van der Waals surface area (Å²) in [5.74, 6) is -1.64. The normalized spacial score (nSPS) is 11.3. The van der Waals surface area contributed by atoms with E-state index in [9.17, 15) is 13.6 Å². The van der Waals surface area contributed by atoms with Crippen LogP contribution in [-0.4, -0.2) is 16.1 Å². The zero-order valence-corrected chi connectivity index (χ0v) is 18.6. The zero-order chi connectivity index (χ0) is 22.0. The number of carbonyl (C=O) groups is 1. The van der Waals surface area contributed by atoms with Gasteiger partial charge in [-0.15, -0.1) is 11.8 Å². The van der Waals surface area contributed by atoms with Crippen molar-refractivity contribution in [2.75, 3.05) is 4.90 Å². The van der Waals surface area contributed by atoms with Crippen molar-refractivity contribution in [1.29, 1.82) is 0 Å². The molecule has 1 amide bonds. The van der Waals surface area contributed by atoms with E-state index in [0.717, 1.165) is 27.9 Å². The van der Waals surface area contributed by atoms with Gasteiger partial charge in [-0.1, -0.05) is 61.6 Å². The molecular weight excluding hydrogens is 434 g/mol. The molecular formula is C24H20F2N2OS2. The molecule has 1 heterocycles. The summed E-state index contributed by atoms with van der Waals surface area (Å²) in [7, 11) is 0. The SMILES string of the molecule is CC(C)Sc1cccc(C(=O)N(Cc2ccccc2)c2nc3c(F)cc(F)cc3s2)c1. The van der Waals surface area contributed by atoms with Crippen LogP contribution in [0.2, 0.25) is 0 Å². The van der Waals surface area contributed by atoms with Crippen LogP contribution in [0.4, 0.5) is 13.9 Å². The van der Waals surface area contributed by atoms with Crippen molar-refractivity contribution < 1.29 is 13.6 Å². The fourth-order valence-corrected chi connectivity index (χ4v) is 5.08. The minimum Gasteiger partial charge on any atom is -0.279 e. The maximum absolute atomic E-state index is 14.2. The Hall–Kier alpha value is -2.77. The van der Waals surface area contributed by atoms with Crippen LogP contribution in [-0.2, 0) is 6.54 Å². The summed E-state index contributed by atoms with van der Waals surface area (Å²) in [6.45, 7) is 4.45. The van der Waals surface area contributed by atoms with Crippen LogP contribution in [0.3, 0.4) is 0 Å². The number of anilines is 1. The van der Waals surface area contributed by atoms with Gasteiger partial charge in [0.25, 0.3) is 5.91 Å². The fraction of sp³-hybridized carbons (Fsp3) is 0.167. The molecule has 0 fully saturated rings. The molecule has 0 aliphatic rings. The van der Waals surface area contributed by atoms with Gasteiger partial charge in [0.15, 0.2) is 10.9 Å². The maximum atomic E-state index is 14.2. The summed E-state index contributed by atoms with van der Waals surface area (Å²) in [4.78, 5) is 20.4. The van der Waals surface area contributed by atoms with Gasteiger partial charge in [0.1, 0.15) is 11.3 Å². The smallest absolute Gasteiger partial charge is 0.260 e. The number of thiazole rings is 1. The molecule has 0 saturated carbocycles. The molecule has 1 aromatic heterocycles. The first-order valence-electron chi connectivity index (χ1n) is 9.79. The van der Waals surface area contributed by atoms with Gasteiger partial charge in [0.05, 0.1) is 11.2 Å². The van der Waals surface area contributed by atoms with E-state index in [1.807, 2.05) is 48.5 Å². The van der Waals surface area contributed by atoms with Crippen molar-refractivity contribution in [2.24, 2.45) is 0 Å². The molecule has 4 rings (SSSR count). The monoisotopic (exact) mass is 454 g/mol. The Morgan fingerprint density at radius 2 is 1.84 bits per heavy atom.